The van der Waals surface area contributed by atoms with Crippen molar-refractivity contribution in [1.29, 1.82) is 0 Å². The molecule has 2 N–H and O–H groups in total. The van der Waals surface area contributed by atoms with E-state index in [2.05, 4.69) is 10.6 Å². The van der Waals surface area contributed by atoms with Gasteiger partial charge in [-0.25, -0.2) is 4.79 Å². The zero-order chi connectivity index (χ0) is 20.6. The predicted octanol–water partition coefficient (Wildman–Crippen LogP) is 2.59. The van der Waals surface area contributed by atoms with Crippen LogP contribution in [0.25, 0.3) is 0 Å². The molecule has 29 heavy (non-hydrogen) atoms. The number of benzene rings is 2. The molecule has 0 radical (unpaired) electrons. The maximum Gasteiger partial charge on any atom is 0.325 e. The van der Waals surface area contributed by atoms with E-state index in [1.54, 1.807) is 31.2 Å². The number of carbonyl (C=O) groups is 3. The van der Waals surface area contributed by atoms with Gasteiger partial charge in [0.15, 0.2) is 0 Å². The fourth-order valence-corrected chi connectivity index (χ4v) is 3.96. The van der Waals surface area contributed by atoms with E-state index >= 15 is 0 Å². The van der Waals surface area contributed by atoms with E-state index in [9.17, 15) is 14.4 Å². The van der Waals surface area contributed by atoms with Gasteiger partial charge in [0.2, 0.25) is 5.91 Å². The van der Waals surface area contributed by atoms with Crippen molar-refractivity contribution in [2.45, 2.75) is 31.7 Å². The molecule has 0 saturated carbocycles. The second kappa shape index (κ2) is 7.24. The van der Waals surface area contributed by atoms with Crippen LogP contribution in [0.5, 0.6) is 5.75 Å². The van der Waals surface area contributed by atoms with Gasteiger partial charge >= 0.3 is 6.03 Å². The van der Waals surface area contributed by atoms with Crippen LogP contribution in [0.4, 0.5) is 10.5 Å². The van der Waals surface area contributed by atoms with Crippen LogP contribution in [0.3, 0.4) is 0 Å². The standard InChI is InChI=1S/C22H23N3O4/c1-22(16-10-9-14-5-3-6-15(14)11-16)20(27)25(21(28)24-22)13-19(26)23-17-7-4-8-18(12-17)29-2/h4,7-12H,3,5-6,13H2,1-2H3,(H,23,26)(H,24,28)/t22-/m0/s1. The Kier molecular flexibility index (Phi) is 4.74. The summed E-state index contributed by atoms with van der Waals surface area (Å²) >= 11 is 0. The summed E-state index contributed by atoms with van der Waals surface area (Å²) in [6.07, 6.45) is 3.13. The van der Waals surface area contributed by atoms with E-state index < -0.39 is 23.4 Å². The molecule has 7 heteroatoms. The Hall–Kier alpha value is -3.35. The van der Waals surface area contributed by atoms with Gasteiger partial charge in [0, 0.05) is 11.8 Å². The summed E-state index contributed by atoms with van der Waals surface area (Å²) < 4.78 is 5.13. The molecule has 1 heterocycles. The van der Waals surface area contributed by atoms with Crippen LogP contribution >= 0.6 is 0 Å². The molecule has 1 atom stereocenters. The summed E-state index contributed by atoms with van der Waals surface area (Å²) in [4.78, 5) is 39.0. The first-order valence-electron chi connectivity index (χ1n) is 9.61. The summed E-state index contributed by atoms with van der Waals surface area (Å²) in [6, 6.07) is 12.2. The third-order valence-corrected chi connectivity index (χ3v) is 5.61. The topological polar surface area (TPSA) is 87.7 Å². The van der Waals surface area contributed by atoms with Crippen LogP contribution in [0.15, 0.2) is 42.5 Å². The Morgan fingerprint density at radius 3 is 2.76 bits per heavy atom. The molecule has 1 fully saturated rings. The third kappa shape index (κ3) is 3.44. The minimum absolute atomic E-state index is 0.359. The zero-order valence-electron chi connectivity index (χ0n) is 16.5. The largest absolute Gasteiger partial charge is 0.497 e. The third-order valence-electron chi connectivity index (χ3n) is 5.61. The molecule has 150 valence electrons. The summed E-state index contributed by atoms with van der Waals surface area (Å²) in [5, 5.41) is 5.46. The molecule has 1 aliphatic heterocycles. The number of anilines is 1. The van der Waals surface area contributed by atoms with E-state index in [0.29, 0.717) is 11.4 Å². The number of carbonyl (C=O) groups excluding carboxylic acids is 3. The van der Waals surface area contributed by atoms with Crippen LogP contribution < -0.4 is 15.4 Å². The van der Waals surface area contributed by atoms with E-state index in [1.165, 1.54) is 18.2 Å². The average Bonchev–Trinajstić information content (AvgIpc) is 3.26. The van der Waals surface area contributed by atoms with Gasteiger partial charge in [0.1, 0.15) is 17.8 Å². The normalized spacial score (nSPS) is 20.4. The van der Waals surface area contributed by atoms with Gasteiger partial charge in [0.05, 0.1) is 7.11 Å². The lowest BCUT2D eigenvalue weighted by atomic mass is 9.89. The highest BCUT2D eigenvalue weighted by molar-refractivity contribution is 6.10. The van der Waals surface area contributed by atoms with E-state index in [4.69, 9.17) is 4.74 Å². The van der Waals surface area contributed by atoms with Crippen LogP contribution in [-0.2, 0) is 28.0 Å². The Morgan fingerprint density at radius 2 is 1.97 bits per heavy atom. The summed E-state index contributed by atoms with van der Waals surface area (Å²) in [5.74, 6) is -0.289. The van der Waals surface area contributed by atoms with Crippen LogP contribution in [0, 0.1) is 0 Å². The monoisotopic (exact) mass is 393 g/mol. The minimum atomic E-state index is -1.18. The van der Waals surface area contributed by atoms with Gasteiger partial charge < -0.3 is 15.4 Å². The molecule has 4 rings (SSSR count). The number of hydrogen-bond donors (Lipinski definition) is 2. The number of ether oxygens (including phenoxy) is 1. The quantitative estimate of drug-likeness (QED) is 0.765. The highest BCUT2D eigenvalue weighted by Gasteiger charge is 2.49. The van der Waals surface area contributed by atoms with Crippen molar-refractivity contribution in [3.05, 3.63) is 59.2 Å². The van der Waals surface area contributed by atoms with Crippen molar-refractivity contribution in [1.82, 2.24) is 10.2 Å². The average molecular weight is 393 g/mol. The van der Waals surface area contributed by atoms with E-state index in [-0.39, 0.29) is 6.54 Å². The second-order valence-corrected chi connectivity index (χ2v) is 7.56. The number of methoxy groups -OCH3 is 1. The molecule has 2 aromatic rings. The second-order valence-electron chi connectivity index (χ2n) is 7.56. The Labute approximate surface area is 169 Å². The lowest BCUT2D eigenvalue weighted by molar-refractivity contribution is -0.133. The zero-order valence-corrected chi connectivity index (χ0v) is 16.5. The van der Waals surface area contributed by atoms with E-state index in [0.717, 1.165) is 29.7 Å². The number of urea groups is 1. The molecule has 7 nitrogen and oxygen atoms in total. The molecule has 0 spiro atoms. The highest BCUT2D eigenvalue weighted by Crippen LogP contribution is 2.32. The van der Waals surface area contributed by atoms with Gasteiger partial charge in [-0.2, -0.15) is 0 Å². The highest BCUT2D eigenvalue weighted by atomic mass is 16.5. The predicted molar refractivity (Wildman–Crippen MR) is 108 cm³/mol. The van der Waals surface area contributed by atoms with Crippen molar-refractivity contribution >= 4 is 23.5 Å². The molecule has 2 aromatic carbocycles. The number of rotatable bonds is 5. The number of nitrogens with zero attached hydrogens (tertiary/aromatic N) is 1. The van der Waals surface area contributed by atoms with E-state index in [1.807, 2.05) is 18.2 Å². The van der Waals surface area contributed by atoms with Crippen LogP contribution in [0.1, 0.15) is 30.0 Å². The first-order chi connectivity index (χ1) is 13.9. The first-order valence-corrected chi connectivity index (χ1v) is 9.61. The SMILES string of the molecule is COc1cccc(NC(=O)CN2C(=O)N[C@@](C)(c3ccc4c(c3)CCC4)C2=O)c1. The van der Waals surface area contributed by atoms with Gasteiger partial charge in [-0.3, -0.25) is 14.5 Å². The molecular weight excluding hydrogens is 370 g/mol. The number of hydrogen-bond acceptors (Lipinski definition) is 4. The lowest BCUT2D eigenvalue weighted by Crippen LogP contribution is -2.42. The molecule has 0 aromatic heterocycles. The molecule has 0 bridgehead atoms. The van der Waals surface area contributed by atoms with Crippen molar-refractivity contribution in [2.24, 2.45) is 0 Å². The minimum Gasteiger partial charge on any atom is -0.497 e. The van der Waals surface area contributed by atoms with Crippen molar-refractivity contribution in [3.63, 3.8) is 0 Å². The number of imide groups is 1. The molecule has 1 saturated heterocycles. The van der Waals surface area contributed by atoms with Gasteiger partial charge in [-0.05, 0) is 55.0 Å². The first kappa shape index (κ1) is 19.0. The molecule has 0 unspecified atom stereocenters. The molecule has 1 aliphatic carbocycles. The number of fused-ring (bicyclic) bond motifs is 1. The number of amides is 4. The Balaban J connectivity index is 1.49. The van der Waals surface area contributed by atoms with Gasteiger partial charge in [-0.15, -0.1) is 0 Å². The summed E-state index contributed by atoms with van der Waals surface area (Å²) in [7, 11) is 1.54. The van der Waals surface area contributed by atoms with Gasteiger partial charge in [-0.1, -0.05) is 24.3 Å². The Morgan fingerprint density at radius 1 is 1.17 bits per heavy atom. The van der Waals surface area contributed by atoms with Crippen molar-refractivity contribution in [3.8, 4) is 5.75 Å². The fourth-order valence-electron chi connectivity index (χ4n) is 3.96. The summed E-state index contributed by atoms with van der Waals surface area (Å²) in [6.45, 7) is 1.33. The van der Waals surface area contributed by atoms with Crippen molar-refractivity contribution in [2.75, 3.05) is 19.0 Å². The number of nitrogens with one attached hydrogen (secondary N) is 2. The van der Waals surface area contributed by atoms with Crippen LogP contribution in [-0.4, -0.2) is 36.4 Å². The maximum atomic E-state index is 13.1. The van der Waals surface area contributed by atoms with Gasteiger partial charge in [0.25, 0.3) is 5.91 Å². The smallest absolute Gasteiger partial charge is 0.325 e. The fraction of sp³-hybridized carbons (Fsp3) is 0.318. The maximum absolute atomic E-state index is 13.1. The van der Waals surface area contributed by atoms with Crippen molar-refractivity contribution < 1.29 is 19.1 Å². The summed E-state index contributed by atoms with van der Waals surface area (Å²) in [5.41, 5.74) is 2.61. The number of aryl methyl sites for hydroxylation is 2. The lowest BCUT2D eigenvalue weighted by Gasteiger charge is -2.23. The molecule has 4 amide bonds. The van der Waals surface area contributed by atoms with Crippen LogP contribution in [0.2, 0.25) is 0 Å². The Bertz CT molecular complexity index is 1000. The molecular formula is C22H23N3O4. The molecule has 2 aliphatic rings.